The number of hydrogen-bond acceptors (Lipinski definition) is 2. The minimum absolute atomic E-state index is 0.119. The SMILES string of the molecule is CC1(C)CCC(c2ccc(-c3cc(C(=O)O)[nH]n3)cc2)CC1. The van der Waals surface area contributed by atoms with Crippen LogP contribution in [0.15, 0.2) is 30.3 Å². The Morgan fingerprint density at radius 1 is 1.23 bits per heavy atom. The molecule has 1 aliphatic carbocycles. The van der Waals surface area contributed by atoms with Gasteiger partial charge in [-0.1, -0.05) is 38.1 Å². The summed E-state index contributed by atoms with van der Waals surface area (Å²) in [6.07, 6.45) is 5.05. The summed E-state index contributed by atoms with van der Waals surface area (Å²) in [5.74, 6) is -0.337. The quantitative estimate of drug-likeness (QED) is 0.879. The van der Waals surface area contributed by atoms with Gasteiger partial charge >= 0.3 is 5.97 Å². The van der Waals surface area contributed by atoms with Crippen LogP contribution in [0.5, 0.6) is 0 Å². The number of carboxylic acid groups (broad SMARTS) is 1. The van der Waals surface area contributed by atoms with Crippen LogP contribution in [-0.2, 0) is 0 Å². The van der Waals surface area contributed by atoms with Gasteiger partial charge in [-0.15, -0.1) is 0 Å². The van der Waals surface area contributed by atoms with Gasteiger partial charge in [0.05, 0.1) is 5.69 Å². The van der Waals surface area contributed by atoms with Crippen molar-refractivity contribution in [2.75, 3.05) is 0 Å². The van der Waals surface area contributed by atoms with Gasteiger partial charge in [0.15, 0.2) is 0 Å². The highest BCUT2D eigenvalue weighted by Gasteiger charge is 2.27. The fourth-order valence-electron chi connectivity index (χ4n) is 3.24. The molecule has 1 aromatic heterocycles. The van der Waals surface area contributed by atoms with E-state index in [4.69, 9.17) is 5.11 Å². The molecule has 1 aromatic carbocycles. The Hall–Kier alpha value is -2.10. The van der Waals surface area contributed by atoms with Crippen LogP contribution in [0.2, 0.25) is 0 Å². The number of aromatic carboxylic acids is 1. The Labute approximate surface area is 130 Å². The van der Waals surface area contributed by atoms with Gasteiger partial charge in [-0.3, -0.25) is 5.10 Å². The van der Waals surface area contributed by atoms with Crippen molar-refractivity contribution in [3.05, 3.63) is 41.6 Å². The van der Waals surface area contributed by atoms with Crippen LogP contribution in [0.4, 0.5) is 0 Å². The average molecular weight is 298 g/mol. The number of benzene rings is 1. The monoisotopic (exact) mass is 298 g/mol. The number of carboxylic acids is 1. The van der Waals surface area contributed by atoms with Crippen LogP contribution in [0.1, 0.15) is 61.5 Å². The average Bonchev–Trinajstić information content (AvgIpc) is 2.97. The first-order valence-electron chi connectivity index (χ1n) is 7.84. The Morgan fingerprint density at radius 2 is 1.86 bits per heavy atom. The molecule has 0 bridgehead atoms. The minimum Gasteiger partial charge on any atom is -0.477 e. The van der Waals surface area contributed by atoms with Crippen molar-refractivity contribution in [1.29, 1.82) is 0 Å². The van der Waals surface area contributed by atoms with Gasteiger partial charge in [-0.25, -0.2) is 4.79 Å². The number of aromatic amines is 1. The summed E-state index contributed by atoms with van der Waals surface area (Å²) < 4.78 is 0. The van der Waals surface area contributed by atoms with E-state index < -0.39 is 5.97 Å². The number of hydrogen-bond donors (Lipinski definition) is 2. The van der Waals surface area contributed by atoms with Crippen molar-refractivity contribution in [2.24, 2.45) is 5.41 Å². The van der Waals surface area contributed by atoms with Crippen LogP contribution >= 0.6 is 0 Å². The summed E-state index contributed by atoms with van der Waals surface area (Å²) >= 11 is 0. The van der Waals surface area contributed by atoms with Crippen LogP contribution in [0, 0.1) is 5.41 Å². The molecule has 0 saturated heterocycles. The summed E-state index contributed by atoms with van der Waals surface area (Å²) in [6, 6.07) is 9.97. The summed E-state index contributed by atoms with van der Waals surface area (Å²) in [4.78, 5) is 10.9. The first kappa shape index (κ1) is 14.8. The van der Waals surface area contributed by atoms with Gasteiger partial charge in [-0.05, 0) is 48.6 Å². The summed E-state index contributed by atoms with van der Waals surface area (Å²) in [5.41, 5.74) is 3.61. The molecule has 116 valence electrons. The highest BCUT2D eigenvalue weighted by molar-refractivity contribution is 5.86. The lowest BCUT2D eigenvalue weighted by molar-refractivity contribution is 0.0690. The van der Waals surface area contributed by atoms with Crippen molar-refractivity contribution in [3.8, 4) is 11.3 Å². The zero-order valence-corrected chi connectivity index (χ0v) is 13.1. The van der Waals surface area contributed by atoms with Crippen molar-refractivity contribution in [3.63, 3.8) is 0 Å². The summed E-state index contributed by atoms with van der Waals surface area (Å²) in [5, 5.41) is 15.5. The smallest absolute Gasteiger partial charge is 0.353 e. The van der Waals surface area contributed by atoms with E-state index >= 15 is 0 Å². The molecule has 0 spiro atoms. The Bertz CT molecular complexity index is 661. The molecule has 0 amide bonds. The molecule has 1 heterocycles. The van der Waals surface area contributed by atoms with E-state index in [1.807, 2.05) is 12.1 Å². The second kappa shape index (κ2) is 5.59. The number of aromatic nitrogens is 2. The minimum atomic E-state index is -0.986. The van der Waals surface area contributed by atoms with Crippen LogP contribution in [0.3, 0.4) is 0 Å². The summed E-state index contributed by atoms with van der Waals surface area (Å²) in [6.45, 7) is 4.70. The molecule has 1 aliphatic rings. The maximum Gasteiger partial charge on any atom is 0.353 e. The number of H-pyrrole nitrogens is 1. The largest absolute Gasteiger partial charge is 0.477 e. The van der Waals surface area contributed by atoms with E-state index in [2.05, 4.69) is 36.2 Å². The number of rotatable bonds is 3. The third-order valence-corrected chi connectivity index (χ3v) is 4.83. The molecule has 1 saturated carbocycles. The molecule has 0 atom stereocenters. The molecule has 1 fully saturated rings. The van der Waals surface area contributed by atoms with E-state index in [-0.39, 0.29) is 5.69 Å². The molecule has 0 unspecified atom stereocenters. The van der Waals surface area contributed by atoms with Gasteiger partial charge in [0.1, 0.15) is 5.69 Å². The Morgan fingerprint density at radius 3 is 2.41 bits per heavy atom. The van der Waals surface area contributed by atoms with Crippen LogP contribution in [0.25, 0.3) is 11.3 Å². The number of carbonyl (C=O) groups is 1. The molecule has 0 radical (unpaired) electrons. The molecule has 4 heteroatoms. The zero-order valence-electron chi connectivity index (χ0n) is 13.1. The third kappa shape index (κ3) is 3.06. The second-order valence-corrected chi connectivity index (χ2v) is 7.03. The fraction of sp³-hybridized carbons (Fsp3) is 0.444. The highest BCUT2D eigenvalue weighted by atomic mass is 16.4. The van der Waals surface area contributed by atoms with Crippen molar-refractivity contribution in [2.45, 2.75) is 45.4 Å². The molecule has 4 nitrogen and oxygen atoms in total. The third-order valence-electron chi connectivity index (χ3n) is 4.83. The molecule has 3 rings (SSSR count). The predicted molar refractivity (Wildman–Crippen MR) is 86.0 cm³/mol. The van der Waals surface area contributed by atoms with Crippen LogP contribution in [-0.4, -0.2) is 21.3 Å². The lowest BCUT2D eigenvalue weighted by Gasteiger charge is -2.34. The maximum atomic E-state index is 10.9. The van der Waals surface area contributed by atoms with E-state index in [1.54, 1.807) is 6.07 Å². The van der Waals surface area contributed by atoms with Gasteiger partial charge in [0.2, 0.25) is 0 Å². The van der Waals surface area contributed by atoms with Gasteiger partial charge in [0.25, 0.3) is 0 Å². The lowest BCUT2D eigenvalue weighted by Crippen LogP contribution is -2.20. The molecule has 0 aliphatic heterocycles. The van der Waals surface area contributed by atoms with Crippen molar-refractivity contribution in [1.82, 2.24) is 10.2 Å². The zero-order chi connectivity index (χ0) is 15.7. The standard InChI is InChI=1S/C18H22N2O2/c1-18(2)9-7-13(8-10-18)12-3-5-14(6-4-12)15-11-16(17(21)22)20-19-15/h3-6,11,13H,7-10H2,1-2H3,(H,19,20)(H,21,22). The highest BCUT2D eigenvalue weighted by Crippen LogP contribution is 2.42. The molecule has 2 aromatic rings. The van der Waals surface area contributed by atoms with Crippen molar-refractivity contribution < 1.29 is 9.90 Å². The van der Waals surface area contributed by atoms with Gasteiger partial charge in [-0.2, -0.15) is 5.10 Å². The Kier molecular flexibility index (Phi) is 3.77. The topological polar surface area (TPSA) is 66.0 Å². The lowest BCUT2D eigenvalue weighted by atomic mass is 9.71. The van der Waals surface area contributed by atoms with E-state index in [0.717, 1.165) is 5.56 Å². The predicted octanol–water partition coefficient (Wildman–Crippen LogP) is 4.46. The number of nitrogens with zero attached hydrogens (tertiary/aromatic N) is 1. The van der Waals surface area contributed by atoms with Crippen molar-refractivity contribution >= 4 is 5.97 Å². The van der Waals surface area contributed by atoms with Crippen LogP contribution < -0.4 is 0 Å². The first-order chi connectivity index (χ1) is 10.4. The van der Waals surface area contributed by atoms with E-state index in [9.17, 15) is 4.79 Å². The molecule has 2 N–H and O–H groups in total. The molecular formula is C18H22N2O2. The first-order valence-corrected chi connectivity index (χ1v) is 7.84. The van der Waals surface area contributed by atoms with E-state index in [0.29, 0.717) is 17.0 Å². The van der Waals surface area contributed by atoms with Gasteiger partial charge in [0, 0.05) is 5.56 Å². The maximum absolute atomic E-state index is 10.9. The van der Waals surface area contributed by atoms with E-state index in [1.165, 1.54) is 31.2 Å². The summed E-state index contributed by atoms with van der Waals surface area (Å²) in [7, 11) is 0. The second-order valence-electron chi connectivity index (χ2n) is 7.03. The molecule has 22 heavy (non-hydrogen) atoms. The van der Waals surface area contributed by atoms with Gasteiger partial charge < -0.3 is 5.11 Å². The fourth-order valence-corrected chi connectivity index (χ4v) is 3.24. The normalized spacial score (nSPS) is 18.3. The molecular weight excluding hydrogens is 276 g/mol. The Balaban J connectivity index is 1.74. The number of nitrogens with one attached hydrogen (secondary N) is 1.